The fourth-order valence-electron chi connectivity index (χ4n) is 3.28. The molecular formula is C22H17BrFN3O2. The fourth-order valence-corrected chi connectivity index (χ4v) is 3.83. The highest BCUT2D eigenvalue weighted by molar-refractivity contribution is 9.10. The monoisotopic (exact) mass is 453 g/mol. The maximum atomic E-state index is 13.9. The van der Waals surface area contributed by atoms with Crippen molar-refractivity contribution in [2.75, 3.05) is 0 Å². The number of halogens is 2. The van der Waals surface area contributed by atoms with Gasteiger partial charge in [-0.2, -0.15) is 0 Å². The topological polar surface area (TPSA) is 78.0 Å². The molecule has 2 heterocycles. The van der Waals surface area contributed by atoms with Gasteiger partial charge in [-0.1, -0.05) is 34.1 Å². The van der Waals surface area contributed by atoms with Crippen LogP contribution in [0.2, 0.25) is 0 Å². The minimum atomic E-state index is -0.799. The molecule has 0 aliphatic heterocycles. The third-order valence-corrected chi connectivity index (χ3v) is 5.05. The molecule has 2 aromatic carbocycles. The highest BCUT2D eigenvalue weighted by atomic mass is 79.9. The van der Waals surface area contributed by atoms with Gasteiger partial charge in [0.05, 0.1) is 6.04 Å². The molecule has 1 atom stereocenters. The Bertz CT molecular complexity index is 1170. The summed E-state index contributed by atoms with van der Waals surface area (Å²) in [7, 11) is 0. The van der Waals surface area contributed by atoms with Gasteiger partial charge in [-0.25, -0.2) is 9.37 Å². The number of aromatic nitrogens is 2. The van der Waals surface area contributed by atoms with Crippen LogP contribution in [0.1, 0.15) is 33.5 Å². The van der Waals surface area contributed by atoms with E-state index in [9.17, 15) is 14.3 Å². The molecule has 0 aliphatic carbocycles. The predicted molar refractivity (Wildman–Crippen MR) is 112 cm³/mol. The Morgan fingerprint density at radius 3 is 2.72 bits per heavy atom. The van der Waals surface area contributed by atoms with Crippen LogP contribution in [0.5, 0.6) is 5.75 Å². The lowest BCUT2D eigenvalue weighted by molar-refractivity contribution is 0.0936. The molecule has 7 heteroatoms. The minimum Gasteiger partial charge on any atom is -0.508 e. The second kappa shape index (κ2) is 7.67. The summed E-state index contributed by atoms with van der Waals surface area (Å²) in [6.45, 7) is 1.79. The molecule has 3 N–H and O–H groups in total. The number of H-pyrrole nitrogens is 1. The number of rotatable bonds is 4. The van der Waals surface area contributed by atoms with Crippen molar-refractivity contribution in [1.29, 1.82) is 0 Å². The van der Waals surface area contributed by atoms with Crippen molar-refractivity contribution in [2.45, 2.75) is 13.0 Å². The van der Waals surface area contributed by atoms with Crippen molar-refractivity contribution in [3.8, 4) is 5.75 Å². The van der Waals surface area contributed by atoms with Gasteiger partial charge < -0.3 is 15.4 Å². The van der Waals surface area contributed by atoms with Gasteiger partial charge in [0.15, 0.2) is 0 Å². The molecule has 29 heavy (non-hydrogen) atoms. The average molecular weight is 454 g/mol. The van der Waals surface area contributed by atoms with E-state index >= 15 is 0 Å². The number of phenols is 1. The number of pyridine rings is 1. The first kappa shape index (κ1) is 19.1. The summed E-state index contributed by atoms with van der Waals surface area (Å²) < 4.78 is 14.7. The summed E-state index contributed by atoms with van der Waals surface area (Å²) in [4.78, 5) is 20.4. The third kappa shape index (κ3) is 4.00. The molecule has 2 aromatic heterocycles. The predicted octanol–water partition coefficient (Wildman–Crippen LogP) is 5.00. The van der Waals surface area contributed by atoms with E-state index in [1.54, 1.807) is 19.1 Å². The van der Waals surface area contributed by atoms with Crippen LogP contribution in [-0.4, -0.2) is 21.0 Å². The van der Waals surface area contributed by atoms with Crippen LogP contribution in [0.4, 0.5) is 4.39 Å². The van der Waals surface area contributed by atoms with E-state index in [4.69, 9.17) is 0 Å². The summed E-state index contributed by atoms with van der Waals surface area (Å²) in [5, 5.41) is 14.2. The van der Waals surface area contributed by atoms with Gasteiger partial charge in [0.1, 0.15) is 17.3 Å². The van der Waals surface area contributed by atoms with Crippen molar-refractivity contribution in [3.63, 3.8) is 0 Å². The Morgan fingerprint density at radius 1 is 1.17 bits per heavy atom. The second-order valence-corrected chi connectivity index (χ2v) is 7.65. The molecule has 4 aromatic rings. The molecule has 4 rings (SSSR count). The number of hydrogen-bond acceptors (Lipinski definition) is 3. The number of para-hydroxylation sites is 1. The summed E-state index contributed by atoms with van der Waals surface area (Å²) >= 11 is 3.37. The Labute approximate surface area is 174 Å². The van der Waals surface area contributed by atoms with Crippen LogP contribution in [0, 0.1) is 12.7 Å². The molecule has 0 saturated carbocycles. The molecule has 146 valence electrons. The van der Waals surface area contributed by atoms with E-state index in [2.05, 4.69) is 31.2 Å². The number of phenolic OH excluding ortho intramolecular Hbond substituents is 1. The van der Waals surface area contributed by atoms with Gasteiger partial charge >= 0.3 is 0 Å². The molecule has 0 unspecified atom stereocenters. The van der Waals surface area contributed by atoms with Gasteiger partial charge in [0.2, 0.25) is 0 Å². The van der Waals surface area contributed by atoms with Crippen LogP contribution in [0.15, 0.2) is 65.1 Å². The van der Waals surface area contributed by atoms with E-state index in [0.29, 0.717) is 11.4 Å². The van der Waals surface area contributed by atoms with E-state index in [1.807, 2.05) is 30.3 Å². The van der Waals surface area contributed by atoms with Gasteiger partial charge in [-0.05, 0) is 54.8 Å². The first-order chi connectivity index (χ1) is 13.9. The number of aromatic hydroxyl groups is 1. The van der Waals surface area contributed by atoms with E-state index in [1.165, 1.54) is 18.2 Å². The summed E-state index contributed by atoms with van der Waals surface area (Å²) in [6.07, 6.45) is 0. The normalized spacial score (nSPS) is 12.1. The molecule has 0 aliphatic rings. The number of carbonyl (C=O) groups excluding carboxylic acids is 1. The van der Waals surface area contributed by atoms with Crippen molar-refractivity contribution in [3.05, 3.63) is 93.6 Å². The smallest absolute Gasteiger partial charge is 0.270 e. The minimum absolute atomic E-state index is 0.117. The fraction of sp³-hybridized carbons (Fsp3) is 0.0909. The number of nitrogens with zero attached hydrogens (tertiary/aromatic N) is 1. The highest BCUT2D eigenvalue weighted by Crippen LogP contribution is 2.31. The van der Waals surface area contributed by atoms with Crippen molar-refractivity contribution >= 4 is 32.7 Å². The lowest BCUT2D eigenvalue weighted by Gasteiger charge is -2.19. The number of hydrogen-bond donors (Lipinski definition) is 3. The van der Waals surface area contributed by atoms with Crippen LogP contribution in [-0.2, 0) is 0 Å². The zero-order valence-electron chi connectivity index (χ0n) is 15.4. The quantitative estimate of drug-likeness (QED) is 0.406. The first-order valence-corrected chi connectivity index (χ1v) is 9.71. The lowest BCUT2D eigenvalue weighted by Crippen LogP contribution is -2.30. The van der Waals surface area contributed by atoms with Crippen LogP contribution >= 0.6 is 15.9 Å². The standard InChI is InChI=1S/C22H17BrFN3O2/c1-12-8-14(23)10-19(25-12)22(29)27-21(16-11-15(24)6-7-20(16)28)18-9-13-4-2-3-5-17(13)26-18/h2-11,21,26,28H,1H3,(H,27,29)/t21-/m1/s1. The van der Waals surface area contributed by atoms with Gasteiger partial charge in [0, 0.05) is 26.9 Å². The maximum Gasteiger partial charge on any atom is 0.270 e. The number of carbonyl (C=O) groups is 1. The van der Waals surface area contributed by atoms with E-state index in [0.717, 1.165) is 15.4 Å². The SMILES string of the molecule is Cc1cc(Br)cc(C(=O)N[C@@H](c2cc3ccccc3[nH]2)c2cc(F)ccc2O)n1. The van der Waals surface area contributed by atoms with Gasteiger partial charge in [-0.15, -0.1) is 0 Å². The highest BCUT2D eigenvalue weighted by Gasteiger charge is 2.24. The average Bonchev–Trinajstić information content (AvgIpc) is 3.11. The molecule has 0 radical (unpaired) electrons. The van der Waals surface area contributed by atoms with Crippen LogP contribution in [0.3, 0.4) is 0 Å². The molecule has 0 spiro atoms. The summed E-state index contributed by atoms with van der Waals surface area (Å²) in [5.74, 6) is -1.07. The molecule has 5 nitrogen and oxygen atoms in total. The maximum absolute atomic E-state index is 13.9. The molecule has 0 bridgehead atoms. The number of nitrogens with one attached hydrogen (secondary N) is 2. The third-order valence-electron chi connectivity index (χ3n) is 4.59. The van der Waals surface area contributed by atoms with Crippen molar-refractivity contribution < 1.29 is 14.3 Å². The number of amides is 1. The zero-order chi connectivity index (χ0) is 20.5. The number of benzene rings is 2. The van der Waals surface area contributed by atoms with E-state index in [-0.39, 0.29) is 17.0 Å². The van der Waals surface area contributed by atoms with Gasteiger partial charge in [-0.3, -0.25) is 4.79 Å². The summed E-state index contributed by atoms with van der Waals surface area (Å²) in [6, 6.07) is 15.8. The Morgan fingerprint density at radius 2 is 1.97 bits per heavy atom. The van der Waals surface area contributed by atoms with Crippen molar-refractivity contribution in [1.82, 2.24) is 15.3 Å². The number of aryl methyl sites for hydroxylation is 1. The van der Waals surface area contributed by atoms with Gasteiger partial charge in [0.25, 0.3) is 5.91 Å². The molecular weight excluding hydrogens is 437 g/mol. The number of aromatic amines is 1. The first-order valence-electron chi connectivity index (χ1n) is 8.92. The molecule has 0 fully saturated rings. The van der Waals surface area contributed by atoms with Crippen molar-refractivity contribution in [2.24, 2.45) is 0 Å². The Balaban J connectivity index is 1.79. The largest absolute Gasteiger partial charge is 0.508 e. The Kier molecular flexibility index (Phi) is 5.07. The zero-order valence-corrected chi connectivity index (χ0v) is 17.0. The summed E-state index contributed by atoms with van der Waals surface area (Å²) in [5.41, 5.74) is 2.63. The number of fused-ring (bicyclic) bond motifs is 1. The second-order valence-electron chi connectivity index (χ2n) is 6.73. The lowest BCUT2D eigenvalue weighted by atomic mass is 10.0. The van der Waals surface area contributed by atoms with Crippen LogP contribution < -0.4 is 5.32 Å². The molecule has 1 amide bonds. The van der Waals surface area contributed by atoms with E-state index < -0.39 is 17.8 Å². The Hall–Kier alpha value is -3.19. The van der Waals surface area contributed by atoms with Crippen LogP contribution in [0.25, 0.3) is 10.9 Å². The molecule has 0 saturated heterocycles.